The maximum Gasteiger partial charge on any atom is 0.00953 e. The number of hydrogen-bond donors (Lipinski definition) is 1. The van der Waals surface area contributed by atoms with Gasteiger partial charge in [-0.3, -0.25) is 0 Å². The summed E-state index contributed by atoms with van der Waals surface area (Å²) >= 11 is 0. The van der Waals surface area contributed by atoms with E-state index in [9.17, 15) is 0 Å². The van der Waals surface area contributed by atoms with Crippen LogP contribution < -0.4 is 5.32 Å². The van der Waals surface area contributed by atoms with Crippen LogP contribution in [0.2, 0.25) is 0 Å². The minimum Gasteiger partial charge on any atom is -0.314 e. The smallest absolute Gasteiger partial charge is 0.00953 e. The second-order valence-electron chi connectivity index (χ2n) is 6.45. The molecular weight excluding hydrogens is 242 g/mol. The van der Waals surface area contributed by atoms with Gasteiger partial charge in [-0.2, -0.15) is 0 Å². The summed E-state index contributed by atoms with van der Waals surface area (Å²) in [6.07, 6.45) is 16.7. The minimum absolute atomic E-state index is 0.779. The number of unbranched alkanes of at least 4 members (excludes halogenated alkanes) is 5. The third kappa shape index (κ3) is 10.7. The van der Waals surface area contributed by atoms with Crippen molar-refractivity contribution in [3.63, 3.8) is 0 Å². The van der Waals surface area contributed by atoms with Crippen molar-refractivity contribution in [2.24, 2.45) is 5.92 Å². The highest BCUT2D eigenvalue weighted by Gasteiger charge is 2.18. The monoisotopic (exact) mass is 283 g/mol. The van der Waals surface area contributed by atoms with Crippen LogP contribution in [0.15, 0.2) is 0 Å². The van der Waals surface area contributed by atoms with Crippen LogP contribution in [0.25, 0.3) is 0 Å². The fourth-order valence-corrected chi connectivity index (χ4v) is 3.27. The predicted octanol–water partition coefficient (Wildman–Crippen LogP) is 6.32. The average Bonchev–Trinajstić information content (AvgIpc) is 2.45. The zero-order valence-electron chi connectivity index (χ0n) is 14.8. The van der Waals surface area contributed by atoms with Crippen LogP contribution in [-0.4, -0.2) is 12.6 Å². The van der Waals surface area contributed by atoms with E-state index < -0.39 is 0 Å². The van der Waals surface area contributed by atoms with Crippen LogP contribution in [0.1, 0.15) is 105 Å². The van der Waals surface area contributed by atoms with Gasteiger partial charge in [0, 0.05) is 6.04 Å². The van der Waals surface area contributed by atoms with Crippen molar-refractivity contribution in [2.45, 2.75) is 111 Å². The summed E-state index contributed by atoms with van der Waals surface area (Å²) in [7, 11) is 0. The lowest BCUT2D eigenvalue weighted by molar-refractivity contribution is 0.290. The van der Waals surface area contributed by atoms with E-state index in [1.54, 1.807) is 0 Å². The lowest BCUT2D eigenvalue weighted by Gasteiger charge is -2.28. The molecule has 0 radical (unpaired) electrons. The molecule has 122 valence electrons. The number of hydrogen-bond acceptors (Lipinski definition) is 1. The Morgan fingerprint density at radius 2 is 1.20 bits per heavy atom. The van der Waals surface area contributed by atoms with Gasteiger partial charge in [0.1, 0.15) is 0 Å². The zero-order valence-corrected chi connectivity index (χ0v) is 14.8. The third-order valence-corrected chi connectivity index (χ3v) is 4.41. The van der Waals surface area contributed by atoms with Crippen LogP contribution in [0.4, 0.5) is 0 Å². The van der Waals surface area contributed by atoms with E-state index in [2.05, 4.69) is 33.0 Å². The summed E-state index contributed by atoms with van der Waals surface area (Å²) in [5.74, 6) is 0.909. The molecule has 20 heavy (non-hydrogen) atoms. The molecule has 0 aliphatic carbocycles. The van der Waals surface area contributed by atoms with Gasteiger partial charge < -0.3 is 5.32 Å². The third-order valence-electron chi connectivity index (χ3n) is 4.41. The highest BCUT2D eigenvalue weighted by atomic mass is 14.9. The topological polar surface area (TPSA) is 12.0 Å². The van der Waals surface area contributed by atoms with Crippen molar-refractivity contribution < 1.29 is 0 Å². The van der Waals surface area contributed by atoms with Crippen LogP contribution >= 0.6 is 0 Å². The van der Waals surface area contributed by atoms with Crippen LogP contribution in [-0.2, 0) is 0 Å². The average molecular weight is 284 g/mol. The maximum atomic E-state index is 3.84. The Morgan fingerprint density at radius 3 is 1.75 bits per heavy atom. The zero-order chi connectivity index (χ0) is 15.1. The van der Waals surface area contributed by atoms with E-state index in [1.165, 1.54) is 83.6 Å². The minimum atomic E-state index is 0.779. The summed E-state index contributed by atoms with van der Waals surface area (Å²) in [4.78, 5) is 0. The van der Waals surface area contributed by atoms with Gasteiger partial charge in [0.05, 0.1) is 0 Å². The Labute approximate surface area is 129 Å². The highest BCUT2D eigenvalue weighted by Crippen LogP contribution is 2.22. The molecule has 1 N–H and O–H groups in total. The molecule has 0 spiro atoms. The summed E-state index contributed by atoms with van der Waals surface area (Å²) in [6.45, 7) is 10.5. The molecule has 0 heterocycles. The normalized spacial score (nSPS) is 13.1. The lowest BCUT2D eigenvalue weighted by atomic mass is 9.87. The first-order valence-electron chi connectivity index (χ1n) is 9.53. The maximum absolute atomic E-state index is 3.84. The SMILES string of the molecule is CCCCCCCCC(NCCC)C(CCC)CCC. The van der Waals surface area contributed by atoms with Crippen molar-refractivity contribution >= 4 is 0 Å². The van der Waals surface area contributed by atoms with E-state index in [1.807, 2.05) is 0 Å². The van der Waals surface area contributed by atoms with Crippen molar-refractivity contribution in [3.8, 4) is 0 Å². The molecule has 0 aliphatic heterocycles. The molecule has 1 atom stereocenters. The van der Waals surface area contributed by atoms with Crippen molar-refractivity contribution in [1.29, 1.82) is 0 Å². The summed E-state index contributed by atoms with van der Waals surface area (Å²) in [6, 6.07) is 0.779. The van der Waals surface area contributed by atoms with Gasteiger partial charge in [0.2, 0.25) is 0 Å². The quantitative estimate of drug-likeness (QED) is 0.347. The first-order chi connectivity index (χ1) is 9.79. The Kier molecular flexibility index (Phi) is 15.3. The number of rotatable bonds is 15. The first kappa shape index (κ1) is 20.0. The van der Waals surface area contributed by atoms with Gasteiger partial charge in [0.25, 0.3) is 0 Å². The van der Waals surface area contributed by atoms with E-state index in [0.717, 1.165) is 12.0 Å². The Bertz CT molecular complexity index is 173. The summed E-state index contributed by atoms with van der Waals surface area (Å²) in [5, 5.41) is 3.84. The van der Waals surface area contributed by atoms with Gasteiger partial charge in [-0.1, -0.05) is 79.1 Å². The first-order valence-corrected chi connectivity index (χ1v) is 9.53. The summed E-state index contributed by atoms with van der Waals surface area (Å²) < 4.78 is 0. The summed E-state index contributed by atoms with van der Waals surface area (Å²) in [5.41, 5.74) is 0. The number of nitrogens with one attached hydrogen (secondary N) is 1. The van der Waals surface area contributed by atoms with E-state index >= 15 is 0 Å². The van der Waals surface area contributed by atoms with Crippen molar-refractivity contribution in [2.75, 3.05) is 6.54 Å². The molecule has 1 heteroatoms. The fraction of sp³-hybridized carbons (Fsp3) is 1.00. The highest BCUT2D eigenvalue weighted by molar-refractivity contribution is 4.76. The predicted molar refractivity (Wildman–Crippen MR) is 93.4 cm³/mol. The largest absolute Gasteiger partial charge is 0.314 e. The Hall–Kier alpha value is -0.0400. The van der Waals surface area contributed by atoms with E-state index in [-0.39, 0.29) is 0 Å². The molecule has 0 rings (SSSR count). The molecule has 0 saturated carbocycles. The Balaban J connectivity index is 4.03. The van der Waals surface area contributed by atoms with Crippen molar-refractivity contribution in [3.05, 3.63) is 0 Å². The molecule has 1 nitrogen and oxygen atoms in total. The molecule has 0 aromatic rings. The molecule has 0 fully saturated rings. The molecule has 0 saturated heterocycles. The lowest BCUT2D eigenvalue weighted by Crippen LogP contribution is -2.36. The van der Waals surface area contributed by atoms with Crippen LogP contribution in [0.5, 0.6) is 0 Å². The van der Waals surface area contributed by atoms with Crippen LogP contribution in [0.3, 0.4) is 0 Å². The van der Waals surface area contributed by atoms with E-state index in [0.29, 0.717) is 0 Å². The van der Waals surface area contributed by atoms with Gasteiger partial charge in [-0.15, -0.1) is 0 Å². The molecule has 1 unspecified atom stereocenters. The van der Waals surface area contributed by atoms with E-state index in [4.69, 9.17) is 0 Å². The second kappa shape index (κ2) is 15.4. The van der Waals surface area contributed by atoms with Crippen LogP contribution in [0, 0.1) is 5.92 Å². The van der Waals surface area contributed by atoms with Gasteiger partial charge in [-0.05, 0) is 38.1 Å². The molecule has 0 bridgehead atoms. The standard InChI is InChI=1S/C19H41N/c1-5-9-10-11-12-13-16-19(20-17-8-4)18(14-6-2)15-7-3/h18-20H,5-17H2,1-4H3. The fourth-order valence-electron chi connectivity index (χ4n) is 3.27. The van der Waals surface area contributed by atoms with Gasteiger partial charge >= 0.3 is 0 Å². The molecule has 0 aromatic carbocycles. The second-order valence-corrected chi connectivity index (χ2v) is 6.45. The Morgan fingerprint density at radius 1 is 0.600 bits per heavy atom. The molecule has 0 amide bonds. The molecule has 0 aromatic heterocycles. The molecule has 0 aliphatic rings. The van der Waals surface area contributed by atoms with Gasteiger partial charge in [-0.25, -0.2) is 0 Å². The van der Waals surface area contributed by atoms with Crippen molar-refractivity contribution in [1.82, 2.24) is 5.32 Å². The van der Waals surface area contributed by atoms with Gasteiger partial charge in [0.15, 0.2) is 0 Å². The molecular formula is C19H41N.